The second kappa shape index (κ2) is 5.28. The van der Waals surface area contributed by atoms with E-state index in [0.29, 0.717) is 12.1 Å². The van der Waals surface area contributed by atoms with Crippen LogP contribution in [0.3, 0.4) is 0 Å². The van der Waals surface area contributed by atoms with E-state index in [2.05, 4.69) is 32.6 Å². The number of ether oxygens (including phenoxy) is 1. The van der Waals surface area contributed by atoms with Crippen LogP contribution in [-0.4, -0.2) is 42.3 Å². The predicted molar refractivity (Wildman–Crippen MR) is 63.9 cm³/mol. The van der Waals surface area contributed by atoms with Gasteiger partial charge in [0, 0.05) is 18.1 Å². The van der Waals surface area contributed by atoms with Gasteiger partial charge in [0.25, 0.3) is 0 Å². The minimum Gasteiger partial charge on any atom is -0.376 e. The van der Waals surface area contributed by atoms with Crippen molar-refractivity contribution in [3.05, 3.63) is 0 Å². The lowest BCUT2D eigenvalue weighted by molar-refractivity contribution is -0.0499. The van der Waals surface area contributed by atoms with E-state index in [9.17, 15) is 0 Å². The Bertz CT molecular complexity index is 189. The minimum atomic E-state index is -0.0266. The number of morpholine rings is 1. The number of rotatable bonds is 4. The fourth-order valence-electron chi connectivity index (χ4n) is 2.02. The summed E-state index contributed by atoms with van der Waals surface area (Å²) in [4.78, 5) is 2.51. The van der Waals surface area contributed by atoms with Crippen LogP contribution < -0.4 is 5.73 Å². The van der Waals surface area contributed by atoms with Crippen LogP contribution in [0.25, 0.3) is 0 Å². The third-order valence-corrected chi connectivity index (χ3v) is 3.00. The van der Waals surface area contributed by atoms with Crippen molar-refractivity contribution in [3.63, 3.8) is 0 Å². The first-order valence-corrected chi connectivity index (χ1v) is 6.03. The van der Waals surface area contributed by atoms with Gasteiger partial charge in [0.1, 0.15) is 0 Å². The van der Waals surface area contributed by atoms with E-state index in [1.807, 2.05) is 0 Å². The molecule has 1 rings (SSSR count). The Morgan fingerprint density at radius 1 is 1.40 bits per heavy atom. The highest BCUT2D eigenvalue weighted by atomic mass is 16.5. The smallest absolute Gasteiger partial charge is 0.0674 e. The number of hydrogen-bond acceptors (Lipinski definition) is 3. The molecule has 1 fully saturated rings. The molecule has 0 bridgehead atoms. The summed E-state index contributed by atoms with van der Waals surface area (Å²) in [5.41, 5.74) is 5.94. The van der Waals surface area contributed by atoms with Gasteiger partial charge in [-0.2, -0.15) is 0 Å². The molecule has 0 aromatic carbocycles. The molecule has 0 saturated carbocycles. The van der Waals surface area contributed by atoms with Crippen molar-refractivity contribution in [1.29, 1.82) is 0 Å². The molecule has 3 nitrogen and oxygen atoms in total. The molecule has 1 aliphatic rings. The van der Waals surface area contributed by atoms with Gasteiger partial charge >= 0.3 is 0 Å². The molecule has 2 N–H and O–H groups in total. The van der Waals surface area contributed by atoms with Crippen molar-refractivity contribution in [1.82, 2.24) is 4.90 Å². The molecule has 0 spiro atoms. The zero-order valence-electron chi connectivity index (χ0n) is 10.6. The second-order valence-electron chi connectivity index (χ2n) is 5.58. The van der Waals surface area contributed by atoms with E-state index in [1.165, 1.54) is 6.42 Å². The molecule has 3 heteroatoms. The lowest BCUT2D eigenvalue weighted by atomic mass is 9.99. The maximum absolute atomic E-state index is 5.97. The first-order chi connectivity index (χ1) is 6.88. The van der Waals surface area contributed by atoms with Gasteiger partial charge in [0.2, 0.25) is 0 Å². The highest BCUT2D eigenvalue weighted by molar-refractivity contribution is 4.77. The Balaban J connectivity index is 2.24. The first-order valence-electron chi connectivity index (χ1n) is 6.03. The lowest BCUT2D eigenvalue weighted by Gasteiger charge is -2.37. The fourth-order valence-corrected chi connectivity index (χ4v) is 2.02. The van der Waals surface area contributed by atoms with E-state index in [1.54, 1.807) is 0 Å². The molecule has 2 atom stereocenters. The molecule has 1 heterocycles. The van der Waals surface area contributed by atoms with Gasteiger partial charge < -0.3 is 10.5 Å². The summed E-state index contributed by atoms with van der Waals surface area (Å²) < 4.78 is 5.60. The second-order valence-corrected chi connectivity index (χ2v) is 5.58. The molecule has 0 aromatic rings. The van der Waals surface area contributed by atoms with Crippen molar-refractivity contribution in [3.8, 4) is 0 Å². The zero-order chi connectivity index (χ0) is 11.5. The van der Waals surface area contributed by atoms with Crippen molar-refractivity contribution in [2.75, 3.05) is 19.7 Å². The Hall–Kier alpha value is -0.120. The van der Waals surface area contributed by atoms with Gasteiger partial charge in [0.05, 0.1) is 12.7 Å². The Kier molecular flexibility index (Phi) is 4.56. The largest absolute Gasteiger partial charge is 0.376 e. The molecular formula is C12H26N2O. The summed E-state index contributed by atoms with van der Waals surface area (Å²) in [5, 5.41) is 0. The average molecular weight is 214 g/mol. The van der Waals surface area contributed by atoms with E-state index in [0.717, 1.165) is 26.1 Å². The molecule has 15 heavy (non-hydrogen) atoms. The molecule has 1 saturated heterocycles. The van der Waals surface area contributed by atoms with E-state index < -0.39 is 0 Å². The molecular weight excluding hydrogens is 188 g/mol. The third kappa shape index (κ3) is 4.96. The summed E-state index contributed by atoms with van der Waals surface area (Å²) in [6, 6.07) is 0.557. The lowest BCUT2D eigenvalue weighted by Crippen LogP contribution is -2.47. The van der Waals surface area contributed by atoms with Gasteiger partial charge in [-0.1, -0.05) is 0 Å². The highest BCUT2D eigenvalue weighted by Gasteiger charge is 2.23. The van der Waals surface area contributed by atoms with Crippen molar-refractivity contribution < 1.29 is 4.74 Å². The summed E-state index contributed by atoms with van der Waals surface area (Å²) in [6.45, 7) is 11.6. The molecule has 90 valence electrons. The van der Waals surface area contributed by atoms with Crippen LogP contribution in [0.15, 0.2) is 0 Å². The molecule has 0 amide bonds. The average Bonchev–Trinajstić information content (AvgIpc) is 2.09. The van der Waals surface area contributed by atoms with Crippen LogP contribution in [-0.2, 0) is 4.74 Å². The highest BCUT2D eigenvalue weighted by Crippen LogP contribution is 2.14. The van der Waals surface area contributed by atoms with E-state index in [-0.39, 0.29) is 5.54 Å². The standard InChI is InChI=1S/C12H26N2O/c1-10-9-15-11(2)8-14(10)7-5-6-12(3,4)13/h10-11H,5-9,13H2,1-4H3. The van der Waals surface area contributed by atoms with Crippen LogP contribution in [0.5, 0.6) is 0 Å². The van der Waals surface area contributed by atoms with Gasteiger partial charge in [-0.15, -0.1) is 0 Å². The van der Waals surface area contributed by atoms with Gasteiger partial charge in [-0.05, 0) is 47.1 Å². The van der Waals surface area contributed by atoms with E-state index in [4.69, 9.17) is 10.5 Å². The van der Waals surface area contributed by atoms with Crippen molar-refractivity contribution >= 4 is 0 Å². The number of nitrogens with zero attached hydrogens (tertiary/aromatic N) is 1. The normalized spacial score (nSPS) is 29.4. The van der Waals surface area contributed by atoms with Gasteiger partial charge in [-0.3, -0.25) is 4.90 Å². The van der Waals surface area contributed by atoms with Crippen LogP contribution in [0.2, 0.25) is 0 Å². The monoisotopic (exact) mass is 214 g/mol. The van der Waals surface area contributed by atoms with Crippen molar-refractivity contribution in [2.24, 2.45) is 5.73 Å². The molecule has 2 unspecified atom stereocenters. The van der Waals surface area contributed by atoms with E-state index >= 15 is 0 Å². The summed E-state index contributed by atoms with van der Waals surface area (Å²) in [6.07, 6.45) is 2.65. The fraction of sp³-hybridized carbons (Fsp3) is 1.00. The molecule has 1 aliphatic heterocycles. The first kappa shape index (κ1) is 12.9. The third-order valence-electron chi connectivity index (χ3n) is 3.00. The summed E-state index contributed by atoms with van der Waals surface area (Å²) >= 11 is 0. The Labute approximate surface area is 94.0 Å². The molecule has 0 aromatic heterocycles. The van der Waals surface area contributed by atoms with Gasteiger partial charge in [-0.25, -0.2) is 0 Å². The zero-order valence-corrected chi connectivity index (χ0v) is 10.6. The Morgan fingerprint density at radius 3 is 2.67 bits per heavy atom. The summed E-state index contributed by atoms with van der Waals surface area (Å²) in [7, 11) is 0. The van der Waals surface area contributed by atoms with Crippen LogP contribution >= 0.6 is 0 Å². The maximum atomic E-state index is 5.97. The van der Waals surface area contributed by atoms with Gasteiger partial charge in [0.15, 0.2) is 0 Å². The topological polar surface area (TPSA) is 38.5 Å². The van der Waals surface area contributed by atoms with Crippen LogP contribution in [0.4, 0.5) is 0 Å². The number of hydrogen-bond donors (Lipinski definition) is 1. The van der Waals surface area contributed by atoms with Crippen LogP contribution in [0, 0.1) is 0 Å². The minimum absolute atomic E-state index is 0.0266. The Morgan fingerprint density at radius 2 is 2.07 bits per heavy atom. The molecule has 0 aliphatic carbocycles. The number of nitrogens with two attached hydrogens (primary N) is 1. The summed E-state index contributed by atoms with van der Waals surface area (Å²) in [5.74, 6) is 0. The quantitative estimate of drug-likeness (QED) is 0.773. The van der Waals surface area contributed by atoms with Crippen molar-refractivity contribution in [2.45, 2.75) is 58.2 Å². The molecule has 0 radical (unpaired) electrons. The van der Waals surface area contributed by atoms with Crippen LogP contribution in [0.1, 0.15) is 40.5 Å². The SMILES string of the molecule is CC1CN(CCCC(C)(C)N)C(C)CO1. The maximum Gasteiger partial charge on any atom is 0.0674 e. The predicted octanol–water partition coefficient (Wildman–Crippen LogP) is 1.61.